The Hall–Kier alpha value is -0.900. The molecular formula is C29H52O3. The van der Waals surface area contributed by atoms with Crippen molar-refractivity contribution in [1.82, 2.24) is 0 Å². The van der Waals surface area contributed by atoms with Crippen LogP contribution in [0.1, 0.15) is 128 Å². The van der Waals surface area contributed by atoms with Crippen LogP contribution in [0.5, 0.6) is 0 Å². The summed E-state index contributed by atoms with van der Waals surface area (Å²) in [7, 11) is 0. The molecular weight excluding hydrogens is 396 g/mol. The molecule has 0 aliphatic heterocycles. The van der Waals surface area contributed by atoms with Crippen molar-refractivity contribution in [2.24, 2.45) is 0 Å². The zero-order valence-corrected chi connectivity index (χ0v) is 21.2. The Balaban J connectivity index is 1.83. The SMILES string of the molecule is CCCCCCCCCCCCCCCCCCOC[C@H](CO)OC(C)c1ccccc1. The van der Waals surface area contributed by atoms with Crippen molar-refractivity contribution in [3.8, 4) is 0 Å². The summed E-state index contributed by atoms with van der Waals surface area (Å²) in [6.07, 6.45) is 21.8. The third-order valence-electron chi connectivity index (χ3n) is 6.32. The lowest BCUT2D eigenvalue weighted by molar-refractivity contribution is -0.0744. The van der Waals surface area contributed by atoms with Crippen LogP contribution < -0.4 is 0 Å². The molecule has 0 spiro atoms. The molecule has 3 nitrogen and oxygen atoms in total. The Morgan fingerprint density at radius 1 is 0.688 bits per heavy atom. The van der Waals surface area contributed by atoms with Crippen LogP contribution in [-0.2, 0) is 9.47 Å². The maximum Gasteiger partial charge on any atom is 0.105 e. The summed E-state index contributed by atoms with van der Waals surface area (Å²) in [6.45, 7) is 5.53. The molecule has 1 unspecified atom stereocenters. The Labute approximate surface area is 199 Å². The maximum atomic E-state index is 9.56. The number of aliphatic hydroxyl groups excluding tert-OH is 1. The Morgan fingerprint density at radius 2 is 1.16 bits per heavy atom. The van der Waals surface area contributed by atoms with Gasteiger partial charge in [0, 0.05) is 6.61 Å². The fourth-order valence-electron chi connectivity index (χ4n) is 4.19. The van der Waals surface area contributed by atoms with E-state index in [1.807, 2.05) is 25.1 Å². The fourth-order valence-corrected chi connectivity index (χ4v) is 4.19. The average Bonchev–Trinajstić information content (AvgIpc) is 2.83. The number of aliphatic hydroxyl groups is 1. The van der Waals surface area contributed by atoms with Gasteiger partial charge >= 0.3 is 0 Å². The predicted molar refractivity (Wildman–Crippen MR) is 137 cm³/mol. The van der Waals surface area contributed by atoms with Crippen molar-refractivity contribution in [3.05, 3.63) is 35.9 Å². The van der Waals surface area contributed by atoms with Gasteiger partial charge in [-0.15, -0.1) is 0 Å². The molecule has 1 aromatic carbocycles. The van der Waals surface area contributed by atoms with Gasteiger partial charge in [-0.3, -0.25) is 0 Å². The molecule has 3 heteroatoms. The topological polar surface area (TPSA) is 38.7 Å². The highest BCUT2D eigenvalue weighted by Crippen LogP contribution is 2.18. The van der Waals surface area contributed by atoms with E-state index in [0.717, 1.165) is 18.6 Å². The van der Waals surface area contributed by atoms with Crippen molar-refractivity contribution < 1.29 is 14.6 Å². The second kappa shape index (κ2) is 21.9. The summed E-state index contributed by atoms with van der Waals surface area (Å²) >= 11 is 0. The first kappa shape index (κ1) is 29.1. The molecule has 0 bridgehead atoms. The highest BCUT2D eigenvalue weighted by atomic mass is 16.5. The molecule has 186 valence electrons. The Morgan fingerprint density at radius 3 is 1.62 bits per heavy atom. The molecule has 0 saturated heterocycles. The molecule has 1 aromatic rings. The number of hydrogen-bond donors (Lipinski definition) is 1. The highest BCUT2D eigenvalue weighted by Gasteiger charge is 2.14. The van der Waals surface area contributed by atoms with E-state index in [9.17, 15) is 5.11 Å². The van der Waals surface area contributed by atoms with E-state index in [1.165, 1.54) is 96.3 Å². The summed E-state index contributed by atoms with van der Waals surface area (Å²) in [4.78, 5) is 0. The lowest BCUT2D eigenvalue weighted by Crippen LogP contribution is -2.25. The Bertz CT molecular complexity index is 490. The third kappa shape index (κ3) is 16.7. The van der Waals surface area contributed by atoms with Gasteiger partial charge in [0.05, 0.1) is 19.3 Å². The van der Waals surface area contributed by atoms with E-state index in [-0.39, 0.29) is 18.8 Å². The molecule has 0 radical (unpaired) electrons. The van der Waals surface area contributed by atoms with Gasteiger partial charge < -0.3 is 14.6 Å². The van der Waals surface area contributed by atoms with Crippen molar-refractivity contribution in [2.45, 2.75) is 129 Å². The highest BCUT2D eigenvalue weighted by molar-refractivity contribution is 5.16. The molecule has 0 saturated carbocycles. The third-order valence-corrected chi connectivity index (χ3v) is 6.32. The van der Waals surface area contributed by atoms with E-state index in [0.29, 0.717) is 6.61 Å². The van der Waals surface area contributed by atoms with Crippen LogP contribution in [0.25, 0.3) is 0 Å². The Kier molecular flexibility index (Phi) is 20.0. The van der Waals surface area contributed by atoms with Crippen LogP contribution in [-0.4, -0.2) is 31.0 Å². The molecule has 0 aromatic heterocycles. The first-order valence-electron chi connectivity index (χ1n) is 13.7. The van der Waals surface area contributed by atoms with Crippen LogP contribution in [0.15, 0.2) is 30.3 Å². The second-order valence-electron chi connectivity index (χ2n) is 9.37. The minimum absolute atomic E-state index is 0.00384. The predicted octanol–water partition coefficient (Wildman–Crippen LogP) is 8.40. The summed E-state index contributed by atoms with van der Waals surface area (Å²) in [5.74, 6) is 0. The largest absolute Gasteiger partial charge is 0.394 e. The zero-order chi connectivity index (χ0) is 23.1. The first-order valence-corrected chi connectivity index (χ1v) is 13.7. The van der Waals surface area contributed by atoms with Gasteiger partial charge in [-0.05, 0) is 18.9 Å². The summed E-state index contributed by atoms with van der Waals surface area (Å²) < 4.78 is 11.7. The number of ether oxygens (including phenoxy) is 2. The van der Waals surface area contributed by atoms with Crippen molar-refractivity contribution >= 4 is 0 Å². The van der Waals surface area contributed by atoms with Gasteiger partial charge in [0.15, 0.2) is 0 Å². The maximum absolute atomic E-state index is 9.56. The fraction of sp³-hybridized carbons (Fsp3) is 0.793. The van der Waals surface area contributed by atoms with Crippen LogP contribution in [0, 0.1) is 0 Å². The van der Waals surface area contributed by atoms with E-state index in [2.05, 4.69) is 19.1 Å². The molecule has 0 aliphatic carbocycles. The van der Waals surface area contributed by atoms with Gasteiger partial charge in [0.25, 0.3) is 0 Å². The van der Waals surface area contributed by atoms with E-state index in [1.54, 1.807) is 0 Å². The minimum atomic E-state index is -0.258. The monoisotopic (exact) mass is 448 g/mol. The van der Waals surface area contributed by atoms with Gasteiger partial charge in [-0.1, -0.05) is 134 Å². The molecule has 0 fully saturated rings. The van der Waals surface area contributed by atoms with E-state index >= 15 is 0 Å². The van der Waals surface area contributed by atoms with Gasteiger partial charge in [0.2, 0.25) is 0 Å². The van der Waals surface area contributed by atoms with Crippen LogP contribution in [0.3, 0.4) is 0 Å². The summed E-state index contributed by atoms with van der Waals surface area (Å²) in [6, 6.07) is 10.1. The minimum Gasteiger partial charge on any atom is -0.394 e. The van der Waals surface area contributed by atoms with Gasteiger partial charge in [-0.2, -0.15) is 0 Å². The standard InChI is InChI=1S/C29H52O3/c1-3-4-5-6-7-8-9-10-11-12-13-14-15-16-17-21-24-31-26-29(25-30)32-27(2)28-22-19-18-20-23-28/h18-20,22-23,27,29-30H,3-17,21,24-26H2,1-2H3/t27?,29-/m0/s1. The lowest BCUT2D eigenvalue weighted by atomic mass is 10.0. The number of hydrogen-bond acceptors (Lipinski definition) is 3. The van der Waals surface area contributed by atoms with Crippen LogP contribution in [0.4, 0.5) is 0 Å². The normalized spacial score (nSPS) is 13.3. The van der Waals surface area contributed by atoms with Crippen molar-refractivity contribution in [1.29, 1.82) is 0 Å². The molecule has 1 N–H and O–H groups in total. The molecule has 0 aliphatic rings. The smallest absolute Gasteiger partial charge is 0.105 e. The van der Waals surface area contributed by atoms with Crippen molar-refractivity contribution in [3.63, 3.8) is 0 Å². The zero-order valence-electron chi connectivity index (χ0n) is 21.2. The second-order valence-corrected chi connectivity index (χ2v) is 9.37. The quantitative estimate of drug-likeness (QED) is 0.171. The van der Waals surface area contributed by atoms with E-state index < -0.39 is 0 Å². The lowest BCUT2D eigenvalue weighted by Gasteiger charge is -2.21. The number of rotatable bonds is 23. The van der Waals surface area contributed by atoms with Gasteiger partial charge in [0.1, 0.15) is 6.10 Å². The number of benzene rings is 1. The summed E-state index contributed by atoms with van der Waals surface area (Å²) in [5, 5.41) is 9.56. The number of unbranched alkanes of at least 4 members (excludes halogenated alkanes) is 15. The molecule has 0 amide bonds. The van der Waals surface area contributed by atoms with Crippen molar-refractivity contribution in [2.75, 3.05) is 19.8 Å². The molecule has 32 heavy (non-hydrogen) atoms. The summed E-state index contributed by atoms with van der Waals surface area (Å²) in [5.41, 5.74) is 1.13. The van der Waals surface area contributed by atoms with E-state index in [4.69, 9.17) is 9.47 Å². The molecule has 2 atom stereocenters. The van der Waals surface area contributed by atoms with Crippen LogP contribution in [0.2, 0.25) is 0 Å². The molecule has 0 heterocycles. The first-order chi connectivity index (χ1) is 15.8. The average molecular weight is 449 g/mol. The molecule has 1 rings (SSSR count). The van der Waals surface area contributed by atoms with Crippen LogP contribution >= 0.6 is 0 Å². The van der Waals surface area contributed by atoms with Gasteiger partial charge in [-0.25, -0.2) is 0 Å².